The van der Waals surface area contributed by atoms with Crippen molar-refractivity contribution in [2.45, 2.75) is 25.9 Å². The molecule has 0 amide bonds. The van der Waals surface area contributed by atoms with Crippen LogP contribution < -0.4 is 5.73 Å². The van der Waals surface area contributed by atoms with E-state index in [-0.39, 0.29) is 6.04 Å². The van der Waals surface area contributed by atoms with Crippen LogP contribution in [0.2, 0.25) is 0 Å². The molecule has 0 fully saturated rings. The van der Waals surface area contributed by atoms with Gasteiger partial charge in [0.25, 0.3) is 0 Å². The van der Waals surface area contributed by atoms with E-state index < -0.39 is 0 Å². The number of aromatic nitrogens is 2. The molecule has 1 aromatic rings. The van der Waals surface area contributed by atoms with Gasteiger partial charge >= 0.3 is 0 Å². The highest BCUT2D eigenvalue weighted by Crippen LogP contribution is 2.08. The minimum absolute atomic E-state index is 0.0463. The van der Waals surface area contributed by atoms with Crippen LogP contribution in [0.15, 0.2) is 12.5 Å². The normalized spacial score (nSPS) is 13.2. The molecule has 1 heterocycles. The third kappa shape index (κ3) is 2.82. The molecule has 0 aliphatic carbocycles. The molecule has 74 valence electrons. The van der Waals surface area contributed by atoms with Crippen LogP contribution in [0, 0.1) is 0 Å². The van der Waals surface area contributed by atoms with E-state index >= 15 is 0 Å². The van der Waals surface area contributed by atoms with E-state index in [1.807, 2.05) is 19.4 Å². The summed E-state index contributed by atoms with van der Waals surface area (Å²) in [6, 6.07) is 0.0463. The van der Waals surface area contributed by atoms with Crippen molar-refractivity contribution in [3.05, 3.63) is 18.2 Å². The molecule has 1 aromatic heterocycles. The molecule has 0 aliphatic heterocycles. The highest BCUT2D eigenvalue weighted by atomic mass is 16.5. The molecule has 13 heavy (non-hydrogen) atoms. The molecule has 0 spiro atoms. The second kappa shape index (κ2) is 4.99. The summed E-state index contributed by atoms with van der Waals surface area (Å²) in [4.78, 5) is 4.06. The predicted molar refractivity (Wildman–Crippen MR) is 51.3 cm³/mol. The Morgan fingerprint density at radius 2 is 2.46 bits per heavy atom. The largest absolute Gasteiger partial charge is 0.385 e. The highest BCUT2D eigenvalue weighted by Gasteiger charge is 2.05. The molecule has 1 rings (SSSR count). The standard InChI is InChI=1S/C9H17N3O/c1-8(10)9-6-11-7-12(9)4-3-5-13-2/h6-8H,3-5,10H2,1-2H3/t8-/m1/s1. The van der Waals surface area contributed by atoms with Gasteiger partial charge in [0, 0.05) is 32.5 Å². The van der Waals surface area contributed by atoms with E-state index in [1.165, 1.54) is 0 Å². The third-order valence-corrected chi connectivity index (χ3v) is 1.96. The molecule has 4 heteroatoms. The summed E-state index contributed by atoms with van der Waals surface area (Å²) in [6.07, 6.45) is 4.62. The molecule has 0 unspecified atom stereocenters. The molecule has 0 aliphatic rings. The molecule has 0 bridgehead atoms. The minimum atomic E-state index is 0.0463. The number of aryl methyl sites for hydroxylation is 1. The van der Waals surface area contributed by atoms with Gasteiger partial charge in [-0.25, -0.2) is 4.98 Å². The molecule has 0 radical (unpaired) electrons. The number of nitrogens with two attached hydrogens (primary N) is 1. The Hall–Kier alpha value is -0.870. The van der Waals surface area contributed by atoms with Gasteiger partial charge in [0.1, 0.15) is 0 Å². The van der Waals surface area contributed by atoms with Gasteiger partial charge in [-0.3, -0.25) is 0 Å². The number of ether oxygens (including phenoxy) is 1. The first kappa shape index (κ1) is 10.2. The Morgan fingerprint density at radius 3 is 3.08 bits per heavy atom. The van der Waals surface area contributed by atoms with E-state index in [1.54, 1.807) is 7.11 Å². The lowest BCUT2D eigenvalue weighted by Gasteiger charge is -2.09. The van der Waals surface area contributed by atoms with Crippen LogP contribution in [-0.2, 0) is 11.3 Å². The number of hydrogen-bond acceptors (Lipinski definition) is 3. The molecule has 0 aromatic carbocycles. The number of rotatable bonds is 5. The average molecular weight is 183 g/mol. The van der Waals surface area contributed by atoms with E-state index in [0.29, 0.717) is 0 Å². The number of methoxy groups -OCH3 is 1. The van der Waals surface area contributed by atoms with E-state index in [9.17, 15) is 0 Å². The lowest BCUT2D eigenvalue weighted by atomic mass is 10.2. The second-order valence-electron chi connectivity index (χ2n) is 3.15. The fourth-order valence-electron chi connectivity index (χ4n) is 1.28. The molecular formula is C9H17N3O. The van der Waals surface area contributed by atoms with E-state index in [4.69, 9.17) is 10.5 Å². The fraction of sp³-hybridized carbons (Fsp3) is 0.667. The van der Waals surface area contributed by atoms with Crippen molar-refractivity contribution in [1.82, 2.24) is 9.55 Å². The maximum absolute atomic E-state index is 5.77. The lowest BCUT2D eigenvalue weighted by Crippen LogP contribution is -2.12. The van der Waals surface area contributed by atoms with Crippen LogP contribution >= 0.6 is 0 Å². The zero-order valence-corrected chi connectivity index (χ0v) is 8.23. The molecule has 2 N–H and O–H groups in total. The third-order valence-electron chi connectivity index (χ3n) is 1.96. The Morgan fingerprint density at radius 1 is 1.69 bits per heavy atom. The lowest BCUT2D eigenvalue weighted by molar-refractivity contribution is 0.190. The zero-order chi connectivity index (χ0) is 9.68. The quantitative estimate of drug-likeness (QED) is 0.691. The first-order valence-corrected chi connectivity index (χ1v) is 4.50. The van der Waals surface area contributed by atoms with Gasteiger partial charge in [-0.15, -0.1) is 0 Å². The van der Waals surface area contributed by atoms with Gasteiger partial charge in [-0.05, 0) is 13.3 Å². The van der Waals surface area contributed by atoms with Gasteiger partial charge in [0.2, 0.25) is 0 Å². The highest BCUT2D eigenvalue weighted by molar-refractivity contribution is 5.02. The molecule has 4 nitrogen and oxygen atoms in total. The Labute approximate surface area is 78.7 Å². The summed E-state index contributed by atoms with van der Waals surface area (Å²) in [7, 11) is 1.71. The number of imidazole rings is 1. The second-order valence-corrected chi connectivity index (χ2v) is 3.15. The van der Waals surface area contributed by atoms with Gasteiger partial charge in [-0.1, -0.05) is 0 Å². The van der Waals surface area contributed by atoms with Crippen molar-refractivity contribution in [2.24, 2.45) is 5.73 Å². The number of nitrogens with zero attached hydrogens (tertiary/aromatic N) is 2. The van der Waals surface area contributed by atoms with Crippen molar-refractivity contribution in [3.8, 4) is 0 Å². The predicted octanol–water partition coefficient (Wildman–Crippen LogP) is 0.939. The smallest absolute Gasteiger partial charge is 0.0948 e. The van der Waals surface area contributed by atoms with Crippen LogP contribution in [0.3, 0.4) is 0 Å². The van der Waals surface area contributed by atoms with Gasteiger partial charge in [0.15, 0.2) is 0 Å². The van der Waals surface area contributed by atoms with Crippen LogP contribution in [0.1, 0.15) is 25.1 Å². The maximum atomic E-state index is 5.77. The van der Waals surface area contributed by atoms with Crippen LogP contribution in [0.25, 0.3) is 0 Å². The molecule has 1 atom stereocenters. The van der Waals surface area contributed by atoms with Crippen molar-refractivity contribution < 1.29 is 4.74 Å². The van der Waals surface area contributed by atoms with E-state index in [0.717, 1.165) is 25.3 Å². The summed E-state index contributed by atoms with van der Waals surface area (Å²) < 4.78 is 7.05. The summed E-state index contributed by atoms with van der Waals surface area (Å²) in [5.74, 6) is 0. The molecule has 0 saturated heterocycles. The fourth-order valence-corrected chi connectivity index (χ4v) is 1.28. The zero-order valence-electron chi connectivity index (χ0n) is 8.23. The SMILES string of the molecule is COCCCn1cncc1[C@@H](C)N. The summed E-state index contributed by atoms with van der Waals surface area (Å²) in [6.45, 7) is 3.66. The van der Waals surface area contributed by atoms with E-state index in [2.05, 4.69) is 9.55 Å². The maximum Gasteiger partial charge on any atom is 0.0948 e. The minimum Gasteiger partial charge on any atom is -0.385 e. The van der Waals surface area contributed by atoms with Gasteiger partial charge < -0.3 is 15.0 Å². The Bertz CT molecular complexity index is 245. The van der Waals surface area contributed by atoms with Crippen molar-refractivity contribution >= 4 is 0 Å². The number of hydrogen-bond donors (Lipinski definition) is 1. The summed E-state index contributed by atoms with van der Waals surface area (Å²) in [5.41, 5.74) is 6.85. The van der Waals surface area contributed by atoms with Crippen molar-refractivity contribution in [3.63, 3.8) is 0 Å². The molecular weight excluding hydrogens is 166 g/mol. The summed E-state index contributed by atoms with van der Waals surface area (Å²) in [5, 5.41) is 0. The first-order chi connectivity index (χ1) is 6.25. The summed E-state index contributed by atoms with van der Waals surface area (Å²) >= 11 is 0. The Balaban J connectivity index is 2.50. The van der Waals surface area contributed by atoms with Crippen LogP contribution in [-0.4, -0.2) is 23.3 Å². The van der Waals surface area contributed by atoms with Crippen molar-refractivity contribution in [1.29, 1.82) is 0 Å². The average Bonchev–Trinajstić information content (AvgIpc) is 2.53. The van der Waals surface area contributed by atoms with Crippen LogP contribution in [0.4, 0.5) is 0 Å². The van der Waals surface area contributed by atoms with Crippen molar-refractivity contribution in [2.75, 3.05) is 13.7 Å². The Kier molecular flexibility index (Phi) is 3.92. The monoisotopic (exact) mass is 183 g/mol. The van der Waals surface area contributed by atoms with Gasteiger partial charge in [-0.2, -0.15) is 0 Å². The van der Waals surface area contributed by atoms with Crippen LogP contribution in [0.5, 0.6) is 0 Å². The first-order valence-electron chi connectivity index (χ1n) is 4.50. The topological polar surface area (TPSA) is 53.1 Å². The molecule has 0 saturated carbocycles. The van der Waals surface area contributed by atoms with Gasteiger partial charge in [0.05, 0.1) is 12.0 Å².